The van der Waals surface area contributed by atoms with E-state index in [0.29, 0.717) is 5.92 Å². The largest absolute Gasteiger partial charge is 0.300 e. The molecule has 1 aliphatic carbocycles. The number of hydrogen-bond acceptors (Lipinski definition) is 3. The van der Waals surface area contributed by atoms with E-state index in [9.17, 15) is 0 Å². The van der Waals surface area contributed by atoms with Crippen molar-refractivity contribution in [3.63, 3.8) is 0 Å². The van der Waals surface area contributed by atoms with E-state index < -0.39 is 0 Å². The van der Waals surface area contributed by atoms with Gasteiger partial charge in [0.25, 0.3) is 0 Å². The van der Waals surface area contributed by atoms with Gasteiger partial charge in [-0.25, -0.2) is 9.97 Å². The summed E-state index contributed by atoms with van der Waals surface area (Å²) in [4.78, 5) is 12.1. The lowest BCUT2D eigenvalue weighted by Gasteiger charge is -2.35. The maximum atomic E-state index is 4.97. The molecular formula is C20H28N4. The second-order valence-corrected chi connectivity index (χ2v) is 7.24. The maximum Gasteiger partial charge on any atom is 0.138 e. The Labute approximate surface area is 144 Å². The first-order valence-electron chi connectivity index (χ1n) is 9.58. The topological polar surface area (TPSA) is 34.0 Å². The Balaban J connectivity index is 1.46. The lowest BCUT2D eigenvalue weighted by Crippen LogP contribution is -2.39. The molecule has 1 saturated carbocycles. The van der Waals surface area contributed by atoms with Crippen molar-refractivity contribution in [3.8, 4) is 5.82 Å². The van der Waals surface area contributed by atoms with Gasteiger partial charge in [-0.05, 0) is 50.9 Å². The average Bonchev–Trinajstić information content (AvgIpc) is 3.33. The third-order valence-electron chi connectivity index (χ3n) is 5.83. The van der Waals surface area contributed by atoms with Crippen LogP contribution in [0.5, 0.6) is 0 Å². The van der Waals surface area contributed by atoms with Crippen LogP contribution in [0.2, 0.25) is 0 Å². The first-order valence-corrected chi connectivity index (χ1v) is 9.58. The summed E-state index contributed by atoms with van der Waals surface area (Å²) in [7, 11) is 0. The van der Waals surface area contributed by atoms with E-state index in [-0.39, 0.29) is 0 Å². The van der Waals surface area contributed by atoms with Crippen molar-refractivity contribution in [1.29, 1.82) is 0 Å². The van der Waals surface area contributed by atoms with Crippen LogP contribution < -0.4 is 0 Å². The van der Waals surface area contributed by atoms with Crippen molar-refractivity contribution in [3.05, 3.63) is 42.1 Å². The highest BCUT2D eigenvalue weighted by atomic mass is 15.2. The van der Waals surface area contributed by atoms with Gasteiger partial charge in [0.05, 0.1) is 0 Å². The monoisotopic (exact) mass is 324 g/mol. The molecule has 128 valence electrons. The number of likely N-dealkylation sites (tertiary alicyclic amines) is 1. The van der Waals surface area contributed by atoms with Crippen LogP contribution in [-0.4, -0.2) is 38.6 Å². The number of piperidine rings is 1. The zero-order valence-electron chi connectivity index (χ0n) is 14.7. The molecule has 2 fully saturated rings. The van der Waals surface area contributed by atoms with Gasteiger partial charge in [-0.3, -0.25) is 4.57 Å². The Morgan fingerprint density at radius 3 is 2.62 bits per heavy atom. The van der Waals surface area contributed by atoms with Gasteiger partial charge >= 0.3 is 0 Å². The summed E-state index contributed by atoms with van der Waals surface area (Å²) in [5, 5.41) is 0. The minimum absolute atomic E-state index is 0.608. The van der Waals surface area contributed by atoms with Crippen molar-refractivity contribution in [2.24, 2.45) is 0 Å². The van der Waals surface area contributed by atoms with Crippen LogP contribution in [0.3, 0.4) is 0 Å². The number of aryl methyl sites for hydroxylation is 1. The number of pyridine rings is 1. The Kier molecular flexibility index (Phi) is 4.65. The molecule has 0 unspecified atom stereocenters. The summed E-state index contributed by atoms with van der Waals surface area (Å²) in [5.41, 5.74) is 1.26. The fourth-order valence-corrected chi connectivity index (χ4v) is 4.44. The number of hydrogen-bond donors (Lipinski definition) is 0. The zero-order valence-corrected chi connectivity index (χ0v) is 14.7. The average molecular weight is 324 g/mol. The SMILES string of the molecule is CCc1nccn1-c1cccc(C2CCN(C3CCCC3)CC2)n1. The molecule has 2 aromatic heterocycles. The number of aromatic nitrogens is 3. The third-order valence-corrected chi connectivity index (χ3v) is 5.83. The van der Waals surface area contributed by atoms with E-state index in [0.717, 1.165) is 24.1 Å². The second kappa shape index (κ2) is 7.06. The molecule has 4 heteroatoms. The molecule has 0 spiro atoms. The fourth-order valence-electron chi connectivity index (χ4n) is 4.44. The highest BCUT2D eigenvalue weighted by Crippen LogP contribution is 2.32. The molecule has 0 radical (unpaired) electrons. The smallest absolute Gasteiger partial charge is 0.138 e. The van der Waals surface area contributed by atoms with E-state index >= 15 is 0 Å². The summed E-state index contributed by atoms with van der Waals surface area (Å²) in [6.45, 7) is 4.63. The van der Waals surface area contributed by atoms with Crippen molar-refractivity contribution in [2.75, 3.05) is 13.1 Å². The van der Waals surface area contributed by atoms with Crippen molar-refractivity contribution < 1.29 is 0 Å². The minimum Gasteiger partial charge on any atom is -0.300 e. The molecule has 4 rings (SSSR count). The minimum atomic E-state index is 0.608. The standard InChI is InChI=1S/C20H28N4/c1-2-19-21-12-15-24(19)20-9-5-8-18(22-20)16-10-13-23(14-11-16)17-6-3-4-7-17/h5,8-9,12,15-17H,2-4,6-7,10-11,13-14H2,1H3. The molecule has 24 heavy (non-hydrogen) atoms. The molecule has 0 N–H and O–H groups in total. The van der Waals surface area contributed by atoms with Gasteiger partial charge in [0.1, 0.15) is 11.6 Å². The Morgan fingerprint density at radius 1 is 1.08 bits per heavy atom. The first-order chi connectivity index (χ1) is 11.8. The van der Waals surface area contributed by atoms with E-state index in [1.165, 1.54) is 57.3 Å². The van der Waals surface area contributed by atoms with Gasteiger partial charge in [-0.2, -0.15) is 0 Å². The third kappa shape index (κ3) is 3.12. The molecule has 2 aromatic rings. The van der Waals surface area contributed by atoms with E-state index in [2.05, 4.69) is 39.6 Å². The predicted octanol–water partition coefficient (Wildman–Crippen LogP) is 3.95. The maximum absolute atomic E-state index is 4.97. The van der Waals surface area contributed by atoms with Crippen LogP contribution in [0.15, 0.2) is 30.6 Å². The molecule has 0 amide bonds. The molecule has 0 atom stereocenters. The second-order valence-electron chi connectivity index (χ2n) is 7.24. The highest BCUT2D eigenvalue weighted by molar-refractivity contribution is 5.28. The van der Waals surface area contributed by atoms with Crippen LogP contribution in [-0.2, 0) is 6.42 Å². The predicted molar refractivity (Wildman–Crippen MR) is 96.5 cm³/mol. The normalized spacial score (nSPS) is 20.7. The van der Waals surface area contributed by atoms with Crippen LogP contribution >= 0.6 is 0 Å². The van der Waals surface area contributed by atoms with Crippen LogP contribution in [0.4, 0.5) is 0 Å². The number of imidazole rings is 1. The van der Waals surface area contributed by atoms with Crippen LogP contribution in [0.25, 0.3) is 5.82 Å². The van der Waals surface area contributed by atoms with Gasteiger partial charge in [0, 0.05) is 36.5 Å². The van der Waals surface area contributed by atoms with Crippen molar-refractivity contribution >= 4 is 0 Å². The van der Waals surface area contributed by atoms with Gasteiger partial charge < -0.3 is 4.90 Å². The first kappa shape index (κ1) is 15.8. The lowest BCUT2D eigenvalue weighted by atomic mass is 9.92. The van der Waals surface area contributed by atoms with E-state index in [1.807, 2.05) is 12.4 Å². The molecule has 0 aromatic carbocycles. The molecule has 0 bridgehead atoms. The fraction of sp³-hybridized carbons (Fsp3) is 0.600. The molecule has 1 saturated heterocycles. The van der Waals surface area contributed by atoms with E-state index in [1.54, 1.807) is 0 Å². The molecule has 1 aliphatic heterocycles. The lowest BCUT2D eigenvalue weighted by molar-refractivity contribution is 0.153. The molecule has 4 nitrogen and oxygen atoms in total. The summed E-state index contributed by atoms with van der Waals surface area (Å²) in [6, 6.07) is 7.32. The van der Waals surface area contributed by atoms with Gasteiger partial charge in [-0.1, -0.05) is 25.8 Å². The number of nitrogens with zero attached hydrogens (tertiary/aromatic N) is 4. The van der Waals surface area contributed by atoms with Gasteiger partial charge in [0.2, 0.25) is 0 Å². The molecular weight excluding hydrogens is 296 g/mol. The zero-order chi connectivity index (χ0) is 16.4. The summed E-state index contributed by atoms with van der Waals surface area (Å²) >= 11 is 0. The van der Waals surface area contributed by atoms with Gasteiger partial charge in [-0.15, -0.1) is 0 Å². The Bertz CT molecular complexity index is 664. The summed E-state index contributed by atoms with van der Waals surface area (Å²) in [6.07, 6.45) is 13.0. The molecule has 3 heterocycles. The highest BCUT2D eigenvalue weighted by Gasteiger charge is 2.28. The Hall–Kier alpha value is -1.68. The van der Waals surface area contributed by atoms with E-state index in [4.69, 9.17) is 4.98 Å². The van der Waals surface area contributed by atoms with Crippen LogP contribution in [0, 0.1) is 0 Å². The quantitative estimate of drug-likeness (QED) is 0.854. The number of rotatable bonds is 4. The summed E-state index contributed by atoms with van der Waals surface area (Å²) in [5.74, 6) is 2.70. The van der Waals surface area contributed by atoms with Gasteiger partial charge in [0.15, 0.2) is 0 Å². The summed E-state index contributed by atoms with van der Waals surface area (Å²) < 4.78 is 2.12. The van der Waals surface area contributed by atoms with Crippen molar-refractivity contribution in [1.82, 2.24) is 19.4 Å². The van der Waals surface area contributed by atoms with Crippen LogP contribution in [0.1, 0.15) is 62.9 Å². The Morgan fingerprint density at radius 2 is 1.88 bits per heavy atom. The molecule has 2 aliphatic rings. The van der Waals surface area contributed by atoms with Crippen molar-refractivity contribution in [2.45, 2.75) is 63.8 Å².